The molecule has 0 unspecified atom stereocenters. The Kier molecular flexibility index (Phi) is 6.44. The van der Waals surface area contributed by atoms with Crippen molar-refractivity contribution in [2.24, 2.45) is 0 Å². The van der Waals surface area contributed by atoms with E-state index in [1.807, 2.05) is 0 Å². The van der Waals surface area contributed by atoms with Crippen molar-refractivity contribution in [3.8, 4) is 0 Å². The van der Waals surface area contributed by atoms with Gasteiger partial charge in [0.2, 0.25) is 26.0 Å². The number of carbonyl (C=O) groups is 1. The topological polar surface area (TPSA) is 95.1 Å². The molecule has 162 valence electrons. The van der Waals surface area contributed by atoms with Crippen molar-refractivity contribution in [2.75, 3.05) is 43.3 Å². The minimum Gasteiger partial charge on any atom is -0.338 e. The summed E-state index contributed by atoms with van der Waals surface area (Å²) in [6.07, 6.45) is 0.966. The van der Waals surface area contributed by atoms with Crippen LogP contribution in [0.1, 0.15) is 0 Å². The van der Waals surface area contributed by atoms with Crippen LogP contribution < -0.4 is 4.31 Å². The van der Waals surface area contributed by atoms with Gasteiger partial charge in [-0.2, -0.15) is 4.31 Å². The summed E-state index contributed by atoms with van der Waals surface area (Å²) in [5.74, 6) is -0.976. The van der Waals surface area contributed by atoms with E-state index >= 15 is 0 Å². The van der Waals surface area contributed by atoms with Crippen molar-refractivity contribution in [3.05, 3.63) is 60.4 Å². The summed E-state index contributed by atoms with van der Waals surface area (Å²) in [5, 5.41) is 0. The lowest BCUT2D eigenvalue weighted by Gasteiger charge is -2.35. The number of halogens is 1. The van der Waals surface area contributed by atoms with Crippen LogP contribution in [0.25, 0.3) is 0 Å². The van der Waals surface area contributed by atoms with Crippen LogP contribution in [0, 0.1) is 5.82 Å². The predicted molar refractivity (Wildman–Crippen MR) is 110 cm³/mol. The van der Waals surface area contributed by atoms with Crippen LogP contribution in [0.2, 0.25) is 0 Å². The van der Waals surface area contributed by atoms with Gasteiger partial charge >= 0.3 is 0 Å². The highest BCUT2D eigenvalue weighted by Crippen LogP contribution is 2.20. The highest BCUT2D eigenvalue weighted by molar-refractivity contribution is 7.92. The van der Waals surface area contributed by atoms with Crippen molar-refractivity contribution in [2.45, 2.75) is 4.90 Å². The van der Waals surface area contributed by atoms with Crippen LogP contribution in [0.5, 0.6) is 0 Å². The Morgan fingerprint density at radius 1 is 0.933 bits per heavy atom. The van der Waals surface area contributed by atoms with Gasteiger partial charge in [0.25, 0.3) is 0 Å². The minimum absolute atomic E-state index is 0.110. The largest absolute Gasteiger partial charge is 0.338 e. The molecular formula is C19H22FN3O5S2. The molecule has 0 aromatic heterocycles. The predicted octanol–water partition coefficient (Wildman–Crippen LogP) is 1.12. The molecule has 1 heterocycles. The van der Waals surface area contributed by atoms with E-state index < -0.39 is 38.3 Å². The lowest BCUT2D eigenvalue weighted by molar-refractivity contribution is -0.130. The van der Waals surface area contributed by atoms with Gasteiger partial charge in [0, 0.05) is 26.2 Å². The third-order valence-electron chi connectivity index (χ3n) is 4.77. The molecule has 1 fully saturated rings. The normalized spacial score (nSPS) is 15.7. The first-order valence-electron chi connectivity index (χ1n) is 9.15. The Balaban J connectivity index is 1.68. The lowest BCUT2D eigenvalue weighted by Crippen LogP contribution is -2.53. The van der Waals surface area contributed by atoms with Crippen molar-refractivity contribution in [3.63, 3.8) is 0 Å². The van der Waals surface area contributed by atoms with Crippen LogP contribution in [-0.4, -0.2) is 70.9 Å². The Labute approximate surface area is 175 Å². The number of nitrogens with zero attached hydrogens (tertiary/aromatic N) is 3. The smallest absolute Gasteiger partial charge is 0.243 e. The number of piperazine rings is 1. The highest BCUT2D eigenvalue weighted by Gasteiger charge is 2.31. The van der Waals surface area contributed by atoms with Crippen LogP contribution in [0.15, 0.2) is 59.5 Å². The van der Waals surface area contributed by atoms with Crippen LogP contribution in [-0.2, 0) is 24.8 Å². The standard InChI is InChI=1S/C19H22FN3O5S2/c1-29(25,26)23(17-9-7-16(20)8-10-17)15-19(24)21-11-13-22(14-12-21)30(27,28)18-5-3-2-4-6-18/h2-10H,11-15H2,1H3. The first kappa shape index (κ1) is 22.2. The molecule has 11 heteroatoms. The summed E-state index contributed by atoms with van der Waals surface area (Å²) in [6, 6.07) is 12.8. The molecule has 1 amide bonds. The zero-order valence-electron chi connectivity index (χ0n) is 16.3. The first-order chi connectivity index (χ1) is 14.1. The molecule has 1 saturated heterocycles. The molecule has 0 atom stereocenters. The van der Waals surface area contributed by atoms with Gasteiger partial charge < -0.3 is 4.90 Å². The fourth-order valence-corrected chi connectivity index (χ4v) is 5.44. The monoisotopic (exact) mass is 455 g/mol. The quantitative estimate of drug-likeness (QED) is 0.651. The third kappa shape index (κ3) is 4.97. The average molecular weight is 456 g/mol. The molecule has 0 saturated carbocycles. The van der Waals surface area contributed by atoms with Crippen molar-refractivity contribution < 1.29 is 26.0 Å². The zero-order valence-corrected chi connectivity index (χ0v) is 17.9. The Bertz CT molecular complexity index is 1100. The van der Waals surface area contributed by atoms with Gasteiger partial charge in [-0.1, -0.05) is 18.2 Å². The van der Waals surface area contributed by atoms with Crippen LogP contribution >= 0.6 is 0 Å². The summed E-state index contributed by atoms with van der Waals surface area (Å²) in [6.45, 7) is 0.0600. The second-order valence-electron chi connectivity index (χ2n) is 6.84. The Hall–Kier alpha value is -2.50. The molecule has 2 aromatic carbocycles. The fraction of sp³-hybridized carbons (Fsp3) is 0.316. The summed E-state index contributed by atoms with van der Waals surface area (Å²) >= 11 is 0. The second kappa shape index (κ2) is 8.70. The number of hydrogen-bond acceptors (Lipinski definition) is 5. The number of carbonyl (C=O) groups excluding carboxylic acids is 1. The van der Waals surface area contributed by atoms with Crippen molar-refractivity contribution in [1.82, 2.24) is 9.21 Å². The summed E-state index contributed by atoms with van der Waals surface area (Å²) in [5.41, 5.74) is 0.178. The molecule has 30 heavy (non-hydrogen) atoms. The molecule has 2 aromatic rings. The molecule has 0 bridgehead atoms. The summed E-state index contributed by atoms with van der Waals surface area (Å²) in [4.78, 5) is 14.3. The molecule has 1 aliphatic rings. The number of amides is 1. The van der Waals surface area contributed by atoms with Gasteiger partial charge in [-0.3, -0.25) is 9.10 Å². The van der Waals surface area contributed by atoms with E-state index in [2.05, 4.69) is 0 Å². The van der Waals surface area contributed by atoms with E-state index in [1.165, 1.54) is 33.5 Å². The van der Waals surface area contributed by atoms with Crippen molar-refractivity contribution in [1.29, 1.82) is 0 Å². The van der Waals surface area contributed by atoms with E-state index in [0.29, 0.717) is 0 Å². The average Bonchev–Trinajstić information content (AvgIpc) is 2.72. The van der Waals surface area contributed by atoms with E-state index in [4.69, 9.17) is 0 Å². The first-order valence-corrected chi connectivity index (χ1v) is 12.4. The lowest BCUT2D eigenvalue weighted by atomic mass is 10.3. The SMILES string of the molecule is CS(=O)(=O)N(CC(=O)N1CCN(S(=O)(=O)c2ccccc2)CC1)c1ccc(F)cc1. The maximum atomic E-state index is 13.2. The molecular weight excluding hydrogens is 433 g/mol. The molecule has 0 aliphatic carbocycles. The maximum Gasteiger partial charge on any atom is 0.243 e. The van der Waals surface area contributed by atoms with Gasteiger partial charge in [-0.05, 0) is 36.4 Å². The molecule has 3 rings (SSSR count). The zero-order chi connectivity index (χ0) is 21.9. The summed E-state index contributed by atoms with van der Waals surface area (Å²) < 4.78 is 65.0. The molecule has 1 aliphatic heterocycles. The molecule has 0 N–H and O–H groups in total. The Morgan fingerprint density at radius 2 is 1.50 bits per heavy atom. The van der Waals surface area contributed by atoms with Gasteiger partial charge in [-0.15, -0.1) is 0 Å². The van der Waals surface area contributed by atoms with Crippen LogP contribution in [0.4, 0.5) is 10.1 Å². The number of sulfonamides is 2. The summed E-state index contributed by atoms with van der Waals surface area (Å²) in [7, 11) is -7.43. The van der Waals surface area contributed by atoms with E-state index in [-0.39, 0.29) is 36.8 Å². The number of anilines is 1. The maximum absolute atomic E-state index is 13.2. The van der Waals surface area contributed by atoms with Crippen molar-refractivity contribution >= 4 is 31.6 Å². The van der Waals surface area contributed by atoms with Gasteiger partial charge in [0.05, 0.1) is 16.8 Å². The van der Waals surface area contributed by atoms with E-state index in [0.717, 1.165) is 22.7 Å². The number of rotatable bonds is 6. The van der Waals surface area contributed by atoms with E-state index in [9.17, 15) is 26.0 Å². The minimum atomic E-state index is -3.78. The molecule has 8 nitrogen and oxygen atoms in total. The number of hydrogen-bond donors (Lipinski definition) is 0. The Morgan fingerprint density at radius 3 is 2.03 bits per heavy atom. The highest BCUT2D eigenvalue weighted by atomic mass is 32.2. The van der Waals surface area contributed by atoms with Gasteiger partial charge in [-0.25, -0.2) is 21.2 Å². The van der Waals surface area contributed by atoms with Gasteiger partial charge in [0.15, 0.2) is 0 Å². The van der Waals surface area contributed by atoms with E-state index in [1.54, 1.807) is 18.2 Å². The number of benzene rings is 2. The molecule has 0 spiro atoms. The molecule has 0 radical (unpaired) electrons. The van der Waals surface area contributed by atoms with Crippen LogP contribution in [0.3, 0.4) is 0 Å². The second-order valence-corrected chi connectivity index (χ2v) is 10.7. The van der Waals surface area contributed by atoms with Gasteiger partial charge in [0.1, 0.15) is 12.4 Å². The fourth-order valence-electron chi connectivity index (χ4n) is 3.15. The third-order valence-corrected chi connectivity index (χ3v) is 7.82.